The molecule has 1 aliphatic rings. The maximum atomic E-state index is 9.78. The van der Waals surface area contributed by atoms with Crippen molar-refractivity contribution >= 4 is 5.69 Å². The van der Waals surface area contributed by atoms with Gasteiger partial charge in [0, 0.05) is 18.8 Å². The summed E-state index contributed by atoms with van der Waals surface area (Å²) in [6, 6.07) is 8.23. The number of hydrogen-bond acceptors (Lipinski definition) is 3. The van der Waals surface area contributed by atoms with Crippen molar-refractivity contribution in [3.05, 3.63) is 29.8 Å². The smallest absolute Gasteiger partial charge is 0.0801 e. The molecule has 0 aliphatic carbocycles. The van der Waals surface area contributed by atoms with Gasteiger partial charge in [-0.15, -0.1) is 0 Å². The summed E-state index contributed by atoms with van der Waals surface area (Å²) in [4.78, 5) is 2.34. The van der Waals surface area contributed by atoms with Gasteiger partial charge in [-0.05, 0) is 38.0 Å². The van der Waals surface area contributed by atoms with Gasteiger partial charge in [0.25, 0.3) is 0 Å². The predicted octanol–water partition coefficient (Wildman–Crippen LogP) is 2.75. The molecular weight excluding hydrogens is 226 g/mol. The monoisotopic (exact) mass is 249 g/mol. The maximum Gasteiger partial charge on any atom is 0.0801 e. The van der Waals surface area contributed by atoms with Gasteiger partial charge in [-0.25, -0.2) is 0 Å². The van der Waals surface area contributed by atoms with E-state index in [4.69, 9.17) is 4.74 Å². The molecule has 1 aromatic carbocycles. The molecule has 18 heavy (non-hydrogen) atoms. The lowest BCUT2D eigenvalue weighted by Gasteiger charge is -2.39. The number of morpholine rings is 1. The van der Waals surface area contributed by atoms with Crippen LogP contribution in [0.3, 0.4) is 0 Å². The molecule has 1 heterocycles. The first-order chi connectivity index (χ1) is 8.52. The Hall–Kier alpha value is -1.06. The Morgan fingerprint density at radius 2 is 2.00 bits per heavy atom. The highest BCUT2D eigenvalue weighted by Gasteiger charge is 2.27. The fraction of sp³-hybridized carbons (Fsp3) is 0.600. The van der Waals surface area contributed by atoms with E-state index in [1.54, 1.807) is 0 Å². The van der Waals surface area contributed by atoms with E-state index in [2.05, 4.69) is 30.9 Å². The second kappa shape index (κ2) is 5.29. The summed E-state index contributed by atoms with van der Waals surface area (Å²) in [7, 11) is 0. The second-order valence-corrected chi connectivity index (χ2v) is 5.55. The normalized spacial score (nSPS) is 20.8. The lowest BCUT2D eigenvalue weighted by Crippen LogP contribution is -2.48. The van der Waals surface area contributed by atoms with Crippen molar-refractivity contribution in [3.63, 3.8) is 0 Å². The van der Waals surface area contributed by atoms with Crippen molar-refractivity contribution in [2.75, 3.05) is 24.6 Å². The minimum absolute atomic E-state index is 0.0835. The van der Waals surface area contributed by atoms with E-state index >= 15 is 0 Å². The van der Waals surface area contributed by atoms with Crippen molar-refractivity contribution < 1.29 is 9.84 Å². The molecule has 1 aliphatic heterocycles. The summed E-state index contributed by atoms with van der Waals surface area (Å²) in [5.41, 5.74) is 2.12. The van der Waals surface area contributed by atoms with Crippen LogP contribution in [0.1, 0.15) is 38.9 Å². The average molecular weight is 249 g/mol. The Morgan fingerprint density at radius 1 is 1.33 bits per heavy atom. The lowest BCUT2D eigenvalue weighted by atomic mass is 10.0. The highest BCUT2D eigenvalue weighted by atomic mass is 16.5. The number of aliphatic hydroxyl groups excluding tert-OH is 1. The Morgan fingerprint density at radius 3 is 2.56 bits per heavy atom. The Balaban J connectivity index is 2.09. The minimum atomic E-state index is -0.347. The Bertz CT molecular complexity index is 386. The number of anilines is 1. The van der Waals surface area contributed by atoms with Gasteiger partial charge >= 0.3 is 0 Å². The highest BCUT2D eigenvalue weighted by Crippen LogP contribution is 2.25. The summed E-state index contributed by atoms with van der Waals surface area (Å²) in [5, 5.41) is 9.78. The molecule has 0 amide bonds. The van der Waals surface area contributed by atoms with Gasteiger partial charge in [0.2, 0.25) is 0 Å². The summed E-state index contributed by atoms with van der Waals surface area (Å²) in [6.45, 7) is 8.83. The molecule has 1 aromatic rings. The van der Waals surface area contributed by atoms with Crippen LogP contribution < -0.4 is 4.90 Å². The fourth-order valence-corrected chi connectivity index (χ4v) is 2.38. The number of benzene rings is 1. The standard InChI is InChI=1S/C15H23NO2/c1-4-14(17)12-5-7-13(8-6-12)16-9-10-18-15(2,3)11-16/h5-8,14,17H,4,9-11H2,1-3H3. The zero-order chi connectivity index (χ0) is 13.2. The van der Waals surface area contributed by atoms with E-state index in [9.17, 15) is 5.11 Å². The molecule has 0 spiro atoms. The Kier molecular flexibility index (Phi) is 3.93. The van der Waals surface area contributed by atoms with Crippen LogP contribution in [-0.4, -0.2) is 30.4 Å². The van der Waals surface area contributed by atoms with Crippen LogP contribution >= 0.6 is 0 Å². The van der Waals surface area contributed by atoms with Crippen LogP contribution in [0.2, 0.25) is 0 Å². The first-order valence-electron chi connectivity index (χ1n) is 6.69. The van der Waals surface area contributed by atoms with E-state index in [-0.39, 0.29) is 11.7 Å². The number of nitrogens with zero attached hydrogens (tertiary/aromatic N) is 1. The zero-order valence-corrected chi connectivity index (χ0v) is 11.5. The van der Waals surface area contributed by atoms with E-state index in [0.29, 0.717) is 0 Å². The van der Waals surface area contributed by atoms with E-state index in [0.717, 1.165) is 31.7 Å². The van der Waals surface area contributed by atoms with Gasteiger partial charge in [0.1, 0.15) is 0 Å². The van der Waals surface area contributed by atoms with Crippen LogP contribution in [0.5, 0.6) is 0 Å². The first kappa shape index (κ1) is 13.4. The van der Waals surface area contributed by atoms with E-state index in [1.165, 1.54) is 5.69 Å². The van der Waals surface area contributed by atoms with Crippen molar-refractivity contribution in [2.24, 2.45) is 0 Å². The van der Waals surface area contributed by atoms with Crippen LogP contribution in [0, 0.1) is 0 Å². The first-order valence-corrected chi connectivity index (χ1v) is 6.69. The predicted molar refractivity (Wildman–Crippen MR) is 73.9 cm³/mol. The fourth-order valence-electron chi connectivity index (χ4n) is 2.38. The molecule has 1 unspecified atom stereocenters. The third-order valence-corrected chi connectivity index (χ3v) is 3.46. The molecule has 2 rings (SSSR count). The Labute approximate surface area is 109 Å². The van der Waals surface area contributed by atoms with Gasteiger partial charge in [-0.3, -0.25) is 0 Å². The molecule has 1 atom stereocenters. The minimum Gasteiger partial charge on any atom is -0.388 e. The zero-order valence-electron chi connectivity index (χ0n) is 11.5. The molecule has 1 N–H and O–H groups in total. The van der Waals surface area contributed by atoms with E-state index in [1.807, 2.05) is 19.1 Å². The van der Waals surface area contributed by atoms with Gasteiger partial charge < -0.3 is 14.7 Å². The van der Waals surface area contributed by atoms with Crippen molar-refractivity contribution in [2.45, 2.75) is 38.9 Å². The van der Waals surface area contributed by atoms with Crippen molar-refractivity contribution in [3.8, 4) is 0 Å². The number of ether oxygens (including phenoxy) is 1. The van der Waals surface area contributed by atoms with Gasteiger partial charge in [0.15, 0.2) is 0 Å². The van der Waals surface area contributed by atoms with Crippen LogP contribution in [0.4, 0.5) is 5.69 Å². The molecule has 100 valence electrons. The topological polar surface area (TPSA) is 32.7 Å². The maximum absolute atomic E-state index is 9.78. The molecular formula is C15H23NO2. The van der Waals surface area contributed by atoms with Crippen LogP contribution in [0.15, 0.2) is 24.3 Å². The summed E-state index contributed by atoms with van der Waals surface area (Å²) in [5.74, 6) is 0. The molecule has 1 saturated heterocycles. The summed E-state index contributed by atoms with van der Waals surface area (Å²) < 4.78 is 5.71. The van der Waals surface area contributed by atoms with E-state index < -0.39 is 0 Å². The van der Waals surface area contributed by atoms with Gasteiger partial charge in [-0.2, -0.15) is 0 Å². The number of rotatable bonds is 3. The van der Waals surface area contributed by atoms with Gasteiger partial charge in [-0.1, -0.05) is 19.1 Å². The summed E-state index contributed by atoms with van der Waals surface area (Å²) in [6.07, 6.45) is 0.407. The van der Waals surface area contributed by atoms with Gasteiger partial charge in [0.05, 0.1) is 18.3 Å². The van der Waals surface area contributed by atoms with Crippen molar-refractivity contribution in [1.29, 1.82) is 0 Å². The molecule has 0 saturated carbocycles. The third-order valence-electron chi connectivity index (χ3n) is 3.46. The molecule has 3 nitrogen and oxygen atoms in total. The highest BCUT2D eigenvalue weighted by molar-refractivity contribution is 5.48. The average Bonchev–Trinajstić information content (AvgIpc) is 2.37. The molecule has 0 radical (unpaired) electrons. The number of hydrogen-bond donors (Lipinski definition) is 1. The summed E-state index contributed by atoms with van der Waals surface area (Å²) >= 11 is 0. The lowest BCUT2D eigenvalue weighted by molar-refractivity contribution is -0.0276. The van der Waals surface area contributed by atoms with Crippen LogP contribution in [-0.2, 0) is 4.74 Å². The molecule has 3 heteroatoms. The SMILES string of the molecule is CCC(O)c1ccc(N2CCOC(C)(C)C2)cc1. The quantitative estimate of drug-likeness (QED) is 0.894. The third kappa shape index (κ3) is 3.03. The molecule has 0 aromatic heterocycles. The second-order valence-electron chi connectivity index (χ2n) is 5.55. The molecule has 0 bridgehead atoms. The largest absolute Gasteiger partial charge is 0.388 e. The van der Waals surface area contributed by atoms with Crippen LogP contribution in [0.25, 0.3) is 0 Å². The number of aliphatic hydroxyl groups is 1. The molecule has 1 fully saturated rings. The van der Waals surface area contributed by atoms with Crippen molar-refractivity contribution in [1.82, 2.24) is 0 Å².